The molecule has 0 aliphatic heterocycles. The van der Waals surface area contributed by atoms with E-state index in [2.05, 4.69) is 15.0 Å². The molecule has 0 radical (unpaired) electrons. The Morgan fingerprint density at radius 1 is 1.47 bits per heavy atom. The number of aromatic hydroxyl groups is 1. The second-order valence-electron chi connectivity index (χ2n) is 3.30. The normalized spacial score (nSPS) is 13.8. The van der Waals surface area contributed by atoms with Gasteiger partial charge in [-0.3, -0.25) is 0 Å². The fourth-order valence-electron chi connectivity index (χ4n) is 1.20. The second kappa shape index (κ2) is 6.27. The summed E-state index contributed by atoms with van der Waals surface area (Å²) < 4.78 is 0. The van der Waals surface area contributed by atoms with Crippen LogP contribution in [0.1, 0.15) is 18.2 Å². The van der Waals surface area contributed by atoms with Crippen molar-refractivity contribution < 1.29 is 15.3 Å². The largest absolute Gasteiger partial charge is 0.505 e. The van der Waals surface area contributed by atoms with Crippen LogP contribution in [0.5, 0.6) is 5.75 Å². The average molecular weight is 259 g/mol. The Bertz CT molecular complexity index is 436. The monoisotopic (exact) mass is 258 g/mol. The molecule has 2 unspecified atom stereocenters. The Labute approximate surface area is 102 Å². The van der Waals surface area contributed by atoms with E-state index in [1.807, 2.05) is 0 Å². The lowest BCUT2D eigenvalue weighted by Gasteiger charge is -2.16. The van der Waals surface area contributed by atoms with Crippen LogP contribution < -0.4 is 0 Å². The van der Waals surface area contributed by atoms with E-state index in [9.17, 15) is 10.2 Å². The van der Waals surface area contributed by atoms with Crippen molar-refractivity contribution >= 4 is 11.6 Å². The van der Waals surface area contributed by atoms with Crippen molar-refractivity contribution in [3.63, 3.8) is 0 Å². The molecule has 3 N–H and O–H groups in total. The van der Waals surface area contributed by atoms with Gasteiger partial charge in [0.15, 0.2) is 10.9 Å². The molecule has 92 valence electrons. The van der Waals surface area contributed by atoms with E-state index in [0.29, 0.717) is 0 Å². The van der Waals surface area contributed by atoms with Crippen LogP contribution in [0.15, 0.2) is 17.2 Å². The predicted octanol–water partition coefficient (Wildman–Crippen LogP) is 1.54. The number of hydrogen-bond acceptors (Lipinski definition) is 5. The van der Waals surface area contributed by atoms with E-state index in [4.69, 9.17) is 22.2 Å². The molecular weight excluding hydrogens is 248 g/mol. The van der Waals surface area contributed by atoms with Crippen LogP contribution in [-0.2, 0) is 0 Å². The van der Waals surface area contributed by atoms with Crippen molar-refractivity contribution in [2.24, 2.45) is 5.11 Å². The summed E-state index contributed by atoms with van der Waals surface area (Å²) in [6, 6.07) is 2.62. The van der Waals surface area contributed by atoms with Crippen LogP contribution in [0, 0.1) is 0 Å². The molecule has 0 fully saturated rings. The lowest BCUT2D eigenvalue weighted by Crippen LogP contribution is -2.20. The van der Waals surface area contributed by atoms with Crippen LogP contribution in [0.2, 0.25) is 5.15 Å². The van der Waals surface area contributed by atoms with E-state index in [-0.39, 0.29) is 29.6 Å². The number of halogens is 1. The zero-order valence-corrected chi connectivity index (χ0v) is 9.49. The Morgan fingerprint density at radius 2 is 2.18 bits per heavy atom. The number of hydrogen-bond donors (Lipinski definition) is 3. The van der Waals surface area contributed by atoms with Crippen molar-refractivity contribution in [2.75, 3.05) is 6.54 Å². The Morgan fingerprint density at radius 3 is 2.76 bits per heavy atom. The highest BCUT2D eigenvalue weighted by Crippen LogP contribution is 2.24. The van der Waals surface area contributed by atoms with E-state index >= 15 is 0 Å². The van der Waals surface area contributed by atoms with E-state index < -0.39 is 12.2 Å². The average Bonchev–Trinajstić information content (AvgIpc) is 2.32. The standard InChI is InChI=1S/C9H11ClN4O3/c10-9-7(16)2-1-5(13-9)8(17)6(15)3-4-12-14-11/h1-2,6,8,15-17H,3-4H2. The maximum atomic E-state index is 9.72. The van der Waals surface area contributed by atoms with Crippen molar-refractivity contribution in [3.05, 3.63) is 33.4 Å². The van der Waals surface area contributed by atoms with Crippen LogP contribution in [0.25, 0.3) is 10.4 Å². The van der Waals surface area contributed by atoms with Crippen LogP contribution in [0.3, 0.4) is 0 Å². The second-order valence-corrected chi connectivity index (χ2v) is 3.66. The highest BCUT2D eigenvalue weighted by Gasteiger charge is 2.20. The molecule has 0 saturated carbocycles. The van der Waals surface area contributed by atoms with Gasteiger partial charge < -0.3 is 15.3 Å². The van der Waals surface area contributed by atoms with Gasteiger partial charge in [-0.15, -0.1) is 0 Å². The zero-order valence-electron chi connectivity index (χ0n) is 8.73. The minimum atomic E-state index is -1.25. The third-order valence-electron chi connectivity index (χ3n) is 2.11. The molecule has 0 amide bonds. The molecular formula is C9H11ClN4O3. The Hall–Kier alpha value is -1.53. The molecule has 0 aliphatic rings. The minimum absolute atomic E-state index is 0.0700. The molecule has 2 atom stereocenters. The van der Waals surface area contributed by atoms with Gasteiger partial charge >= 0.3 is 0 Å². The fraction of sp³-hybridized carbons (Fsp3) is 0.444. The number of rotatable bonds is 5. The summed E-state index contributed by atoms with van der Waals surface area (Å²) in [5, 5.41) is 31.5. The molecule has 7 nitrogen and oxygen atoms in total. The first kappa shape index (κ1) is 13.5. The first-order chi connectivity index (χ1) is 8.06. The van der Waals surface area contributed by atoms with Gasteiger partial charge in [-0.2, -0.15) is 0 Å². The smallest absolute Gasteiger partial charge is 0.171 e. The molecule has 1 aromatic heterocycles. The summed E-state index contributed by atoms with van der Waals surface area (Å²) in [6.45, 7) is 0.0700. The molecule has 8 heteroatoms. The molecule has 1 aromatic rings. The lowest BCUT2D eigenvalue weighted by molar-refractivity contribution is 0.0125. The van der Waals surface area contributed by atoms with Crippen molar-refractivity contribution in [2.45, 2.75) is 18.6 Å². The number of aromatic nitrogens is 1. The van der Waals surface area contributed by atoms with Crippen LogP contribution in [0.4, 0.5) is 0 Å². The summed E-state index contributed by atoms with van der Waals surface area (Å²) in [4.78, 5) is 6.25. The highest BCUT2D eigenvalue weighted by atomic mass is 35.5. The van der Waals surface area contributed by atoms with E-state index in [1.54, 1.807) is 0 Å². The first-order valence-corrected chi connectivity index (χ1v) is 5.16. The molecule has 1 rings (SSSR count). The van der Waals surface area contributed by atoms with Gasteiger partial charge in [-0.1, -0.05) is 16.7 Å². The predicted molar refractivity (Wildman–Crippen MR) is 60.5 cm³/mol. The van der Waals surface area contributed by atoms with Crippen LogP contribution in [-0.4, -0.2) is 33.0 Å². The quantitative estimate of drug-likeness (QED) is 0.321. The van der Waals surface area contributed by atoms with Gasteiger partial charge in [-0.25, -0.2) is 4.98 Å². The molecule has 0 spiro atoms. The summed E-state index contributed by atoms with van der Waals surface area (Å²) in [5.74, 6) is -0.203. The third kappa shape index (κ3) is 3.76. The fourth-order valence-corrected chi connectivity index (χ4v) is 1.36. The van der Waals surface area contributed by atoms with E-state index in [0.717, 1.165) is 0 Å². The number of aliphatic hydroxyl groups is 2. The van der Waals surface area contributed by atoms with E-state index in [1.165, 1.54) is 12.1 Å². The molecule has 0 saturated heterocycles. The van der Waals surface area contributed by atoms with Crippen molar-refractivity contribution in [3.8, 4) is 5.75 Å². The highest BCUT2D eigenvalue weighted by molar-refractivity contribution is 6.30. The summed E-state index contributed by atoms with van der Waals surface area (Å²) >= 11 is 5.57. The van der Waals surface area contributed by atoms with Gasteiger partial charge in [0.05, 0.1) is 11.8 Å². The Kier molecular flexibility index (Phi) is 4.99. The van der Waals surface area contributed by atoms with Gasteiger partial charge in [0, 0.05) is 11.5 Å². The number of nitrogens with zero attached hydrogens (tertiary/aromatic N) is 4. The molecule has 0 bridgehead atoms. The maximum Gasteiger partial charge on any atom is 0.171 e. The first-order valence-electron chi connectivity index (χ1n) is 4.78. The number of pyridine rings is 1. The minimum Gasteiger partial charge on any atom is -0.505 e. The number of aliphatic hydroxyl groups excluding tert-OH is 2. The van der Waals surface area contributed by atoms with Gasteiger partial charge in [0.25, 0.3) is 0 Å². The maximum absolute atomic E-state index is 9.72. The van der Waals surface area contributed by atoms with Gasteiger partial charge in [-0.05, 0) is 24.1 Å². The Balaban J connectivity index is 2.70. The summed E-state index contributed by atoms with van der Waals surface area (Å²) in [5.41, 5.74) is 8.20. The SMILES string of the molecule is [N-]=[N+]=NCCC(O)C(O)c1ccc(O)c(Cl)n1. The van der Waals surface area contributed by atoms with Gasteiger partial charge in [0.1, 0.15) is 6.10 Å². The van der Waals surface area contributed by atoms with Crippen molar-refractivity contribution in [1.29, 1.82) is 0 Å². The van der Waals surface area contributed by atoms with Crippen LogP contribution >= 0.6 is 11.6 Å². The topological polar surface area (TPSA) is 122 Å². The zero-order chi connectivity index (χ0) is 12.8. The molecule has 0 aromatic carbocycles. The lowest BCUT2D eigenvalue weighted by atomic mass is 10.1. The third-order valence-corrected chi connectivity index (χ3v) is 2.38. The number of azide groups is 1. The van der Waals surface area contributed by atoms with Crippen molar-refractivity contribution in [1.82, 2.24) is 4.98 Å². The molecule has 17 heavy (non-hydrogen) atoms. The summed E-state index contributed by atoms with van der Waals surface area (Å²) in [7, 11) is 0. The summed E-state index contributed by atoms with van der Waals surface area (Å²) in [6.07, 6.45) is -2.26. The van der Waals surface area contributed by atoms with Gasteiger partial charge in [0.2, 0.25) is 0 Å². The molecule has 1 heterocycles. The molecule has 0 aliphatic carbocycles.